The van der Waals surface area contributed by atoms with Crippen molar-refractivity contribution in [3.05, 3.63) is 42.0 Å². The summed E-state index contributed by atoms with van der Waals surface area (Å²) in [6.07, 6.45) is 3.36. The predicted molar refractivity (Wildman–Crippen MR) is 105 cm³/mol. The van der Waals surface area contributed by atoms with Gasteiger partial charge in [-0.25, -0.2) is 4.98 Å². The first kappa shape index (κ1) is 17.6. The normalized spacial score (nSPS) is 12.3. The molecule has 1 N–H and O–H groups in total. The Morgan fingerprint density at radius 3 is 2.74 bits per heavy atom. The molecule has 1 aromatic heterocycles. The molecule has 0 fully saturated rings. The zero-order valence-corrected chi connectivity index (χ0v) is 15.8. The second-order valence-corrected chi connectivity index (χ2v) is 7.26. The Labute approximate surface area is 161 Å². The lowest BCUT2D eigenvalue weighted by Gasteiger charge is -2.06. The van der Waals surface area contributed by atoms with Gasteiger partial charge >= 0.3 is 0 Å². The van der Waals surface area contributed by atoms with Crippen LogP contribution in [0.5, 0.6) is 17.2 Å². The molecule has 2 aromatic carbocycles. The molecule has 0 saturated carbocycles. The van der Waals surface area contributed by atoms with Gasteiger partial charge in [-0.05, 0) is 30.7 Å². The van der Waals surface area contributed by atoms with Gasteiger partial charge in [0.1, 0.15) is 5.75 Å². The highest BCUT2D eigenvalue weighted by Crippen LogP contribution is 2.39. The fourth-order valence-corrected chi connectivity index (χ4v) is 3.66. The molecule has 140 valence electrons. The summed E-state index contributed by atoms with van der Waals surface area (Å²) in [4.78, 5) is 16.9. The molecular formula is C20H20N2O4S. The molecule has 1 amide bonds. The minimum atomic E-state index is -0.202. The van der Waals surface area contributed by atoms with Crippen molar-refractivity contribution in [2.45, 2.75) is 26.2 Å². The van der Waals surface area contributed by atoms with Crippen molar-refractivity contribution in [2.75, 3.05) is 18.7 Å². The topological polar surface area (TPSA) is 69.7 Å². The van der Waals surface area contributed by atoms with Crippen LogP contribution in [0.15, 0.2) is 36.4 Å². The van der Waals surface area contributed by atoms with Gasteiger partial charge in [0.15, 0.2) is 16.6 Å². The number of hydrogen-bond donors (Lipinski definition) is 1. The number of hydrogen-bond acceptors (Lipinski definition) is 6. The van der Waals surface area contributed by atoms with E-state index in [1.165, 1.54) is 11.3 Å². The summed E-state index contributed by atoms with van der Waals surface area (Å²) in [5.41, 5.74) is 1.33. The zero-order valence-electron chi connectivity index (χ0n) is 15.0. The number of ether oxygens (including phenoxy) is 3. The van der Waals surface area contributed by atoms with Gasteiger partial charge in [0, 0.05) is 17.7 Å². The van der Waals surface area contributed by atoms with E-state index in [1.54, 1.807) is 12.1 Å². The first-order valence-electron chi connectivity index (χ1n) is 8.97. The number of thiazole rings is 1. The third kappa shape index (κ3) is 3.98. The minimum Gasteiger partial charge on any atom is -0.494 e. The first-order valence-corrected chi connectivity index (χ1v) is 9.79. The van der Waals surface area contributed by atoms with Crippen LogP contribution < -0.4 is 19.5 Å². The number of benzene rings is 2. The van der Waals surface area contributed by atoms with Crippen LogP contribution in [0.1, 0.15) is 36.5 Å². The standard InChI is InChI=1S/C20H20N2O4S/c1-2-3-4-9-24-14-7-5-13(6-8-14)19(23)22-20-21-15-10-16-17(26-12-25-16)11-18(15)27-20/h5-8,10-11H,2-4,9,12H2,1H3,(H,21,22,23). The van der Waals surface area contributed by atoms with Crippen LogP contribution in [0.2, 0.25) is 0 Å². The van der Waals surface area contributed by atoms with Crippen molar-refractivity contribution in [2.24, 2.45) is 0 Å². The molecule has 0 spiro atoms. The van der Waals surface area contributed by atoms with Crippen LogP contribution in [0.25, 0.3) is 10.2 Å². The number of carbonyl (C=O) groups excluding carboxylic acids is 1. The van der Waals surface area contributed by atoms with Crippen molar-refractivity contribution >= 4 is 32.6 Å². The summed E-state index contributed by atoms with van der Waals surface area (Å²) >= 11 is 1.40. The summed E-state index contributed by atoms with van der Waals surface area (Å²) < 4.78 is 17.3. The van der Waals surface area contributed by atoms with Gasteiger partial charge in [-0.3, -0.25) is 10.1 Å². The number of anilines is 1. The highest BCUT2D eigenvalue weighted by atomic mass is 32.1. The molecule has 3 aromatic rings. The number of aromatic nitrogens is 1. The molecule has 7 heteroatoms. The number of unbranched alkanes of at least 4 members (excludes halogenated alkanes) is 2. The molecule has 0 aliphatic carbocycles. The molecule has 6 nitrogen and oxygen atoms in total. The number of amides is 1. The van der Waals surface area contributed by atoms with Crippen molar-refractivity contribution < 1.29 is 19.0 Å². The van der Waals surface area contributed by atoms with E-state index in [-0.39, 0.29) is 12.7 Å². The van der Waals surface area contributed by atoms with Gasteiger partial charge in [-0.15, -0.1) is 0 Å². The van der Waals surface area contributed by atoms with E-state index in [2.05, 4.69) is 17.2 Å². The van der Waals surface area contributed by atoms with E-state index in [0.717, 1.165) is 35.2 Å². The Hall–Kier alpha value is -2.80. The predicted octanol–water partition coefficient (Wildman–Crippen LogP) is 4.85. The number of rotatable bonds is 7. The van der Waals surface area contributed by atoms with Gasteiger partial charge < -0.3 is 14.2 Å². The monoisotopic (exact) mass is 384 g/mol. The second kappa shape index (κ2) is 7.84. The van der Waals surface area contributed by atoms with E-state index in [0.29, 0.717) is 28.8 Å². The van der Waals surface area contributed by atoms with Crippen LogP contribution >= 0.6 is 11.3 Å². The van der Waals surface area contributed by atoms with Crippen molar-refractivity contribution in [3.63, 3.8) is 0 Å². The Morgan fingerprint density at radius 1 is 1.19 bits per heavy atom. The van der Waals surface area contributed by atoms with Gasteiger partial charge in [-0.2, -0.15) is 0 Å². The maximum atomic E-state index is 12.5. The average molecular weight is 384 g/mol. The number of nitrogens with zero attached hydrogens (tertiary/aromatic N) is 1. The molecule has 0 bridgehead atoms. The third-order valence-electron chi connectivity index (χ3n) is 4.24. The molecule has 4 rings (SSSR count). The maximum Gasteiger partial charge on any atom is 0.257 e. The Kier molecular flexibility index (Phi) is 5.11. The Bertz CT molecular complexity index is 912. The molecule has 0 saturated heterocycles. The second-order valence-electron chi connectivity index (χ2n) is 6.23. The van der Waals surface area contributed by atoms with Crippen LogP contribution in [0, 0.1) is 0 Å². The zero-order chi connectivity index (χ0) is 18.6. The average Bonchev–Trinajstić information content (AvgIpc) is 3.28. The van der Waals surface area contributed by atoms with Gasteiger partial charge in [0.2, 0.25) is 6.79 Å². The van der Waals surface area contributed by atoms with E-state index >= 15 is 0 Å². The lowest BCUT2D eigenvalue weighted by Crippen LogP contribution is -2.11. The number of nitrogens with one attached hydrogen (secondary N) is 1. The van der Waals surface area contributed by atoms with E-state index in [4.69, 9.17) is 14.2 Å². The van der Waals surface area contributed by atoms with Gasteiger partial charge in [0.05, 0.1) is 16.8 Å². The fraction of sp³-hybridized carbons (Fsp3) is 0.300. The Balaban J connectivity index is 1.40. The smallest absolute Gasteiger partial charge is 0.257 e. The summed E-state index contributed by atoms with van der Waals surface area (Å²) in [5, 5.41) is 3.39. The van der Waals surface area contributed by atoms with E-state index in [1.807, 2.05) is 24.3 Å². The lowest BCUT2D eigenvalue weighted by molar-refractivity contribution is 0.102. The van der Waals surface area contributed by atoms with Crippen molar-refractivity contribution in [1.29, 1.82) is 0 Å². The SMILES string of the molecule is CCCCCOc1ccc(C(=O)Nc2nc3cc4c(cc3s2)OCO4)cc1. The van der Waals surface area contributed by atoms with Crippen molar-refractivity contribution in [3.8, 4) is 17.2 Å². The summed E-state index contributed by atoms with van der Waals surface area (Å²) in [6.45, 7) is 3.09. The maximum absolute atomic E-state index is 12.5. The molecule has 0 atom stereocenters. The molecule has 1 aliphatic heterocycles. The highest BCUT2D eigenvalue weighted by Gasteiger charge is 2.17. The molecule has 0 unspecified atom stereocenters. The molecule has 2 heterocycles. The number of fused-ring (bicyclic) bond motifs is 2. The third-order valence-corrected chi connectivity index (χ3v) is 5.17. The van der Waals surface area contributed by atoms with Crippen molar-refractivity contribution in [1.82, 2.24) is 4.98 Å². The lowest BCUT2D eigenvalue weighted by atomic mass is 10.2. The highest BCUT2D eigenvalue weighted by molar-refractivity contribution is 7.22. The summed E-state index contributed by atoms with van der Waals surface area (Å²) in [6, 6.07) is 10.9. The largest absolute Gasteiger partial charge is 0.494 e. The van der Waals surface area contributed by atoms with E-state index in [9.17, 15) is 4.79 Å². The Morgan fingerprint density at radius 2 is 1.96 bits per heavy atom. The summed E-state index contributed by atoms with van der Waals surface area (Å²) in [5.74, 6) is 1.96. The molecule has 27 heavy (non-hydrogen) atoms. The van der Waals surface area contributed by atoms with Crippen LogP contribution in [-0.2, 0) is 0 Å². The fourth-order valence-electron chi connectivity index (χ4n) is 2.79. The number of carbonyl (C=O) groups is 1. The van der Waals surface area contributed by atoms with Crippen LogP contribution in [-0.4, -0.2) is 24.3 Å². The quantitative estimate of drug-likeness (QED) is 0.590. The van der Waals surface area contributed by atoms with Gasteiger partial charge in [-0.1, -0.05) is 31.1 Å². The molecule has 1 aliphatic rings. The van der Waals surface area contributed by atoms with Gasteiger partial charge in [0.25, 0.3) is 5.91 Å². The van der Waals surface area contributed by atoms with Crippen LogP contribution in [0.4, 0.5) is 5.13 Å². The van der Waals surface area contributed by atoms with E-state index < -0.39 is 0 Å². The summed E-state index contributed by atoms with van der Waals surface area (Å²) in [7, 11) is 0. The molecule has 0 radical (unpaired) electrons. The minimum absolute atomic E-state index is 0.202. The van der Waals surface area contributed by atoms with Crippen LogP contribution in [0.3, 0.4) is 0 Å². The molecular weight excluding hydrogens is 364 g/mol. The first-order chi connectivity index (χ1) is 13.2.